The lowest BCUT2D eigenvalue weighted by Gasteiger charge is -2.25. The molecule has 1 aromatic carbocycles. The van der Waals surface area contributed by atoms with E-state index in [-0.39, 0.29) is 6.04 Å². The summed E-state index contributed by atoms with van der Waals surface area (Å²) < 4.78 is 9.71. The van der Waals surface area contributed by atoms with Crippen LogP contribution in [-0.4, -0.2) is 22.5 Å². The largest absolute Gasteiger partial charge is 0.496 e. The van der Waals surface area contributed by atoms with Crippen LogP contribution in [0.1, 0.15) is 30.2 Å². The lowest BCUT2D eigenvalue weighted by Crippen LogP contribution is -2.48. The first-order valence-electron chi connectivity index (χ1n) is 6.44. The van der Waals surface area contributed by atoms with Gasteiger partial charge in [0, 0.05) is 18.0 Å². The van der Waals surface area contributed by atoms with Gasteiger partial charge < -0.3 is 16.2 Å². The van der Waals surface area contributed by atoms with Crippen molar-refractivity contribution < 1.29 is 4.74 Å². The number of nitrogens with two attached hydrogens (primary N) is 2. The van der Waals surface area contributed by atoms with E-state index < -0.39 is 5.54 Å². The third-order valence-electron chi connectivity index (χ3n) is 3.42. The first-order valence-corrected chi connectivity index (χ1v) is 7.22. The van der Waals surface area contributed by atoms with Crippen molar-refractivity contribution >= 4 is 11.5 Å². The van der Waals surface area contributed by atoms with E-state index >= 15 is 0 Å². The fourth-order valence-electron chi connectivity index (χ4n) is 1.76. The van der Waals surface area contributed by atoms with Crippen molar-refractivity contribution in [2.45, 2.75) is 31.8 Å². The minimum atomic E-state index is -0.656. The van der Waals surface area contributed by atoms with Crippen LogP contribution in [-0.2, 0) is 12.0 Å². The van der Waals surface area contributed by atoms with Gasteiger partial charge >= 0.3 is 0 Å². The Kier molecular flexibility index (Phi) is 4.37. The minimum Gasteiger partial charge on any atom is -0.496 e. The maximum Gasteiger partial charge on any atom is 0.147 e. The average molecular weight is 292 g/mol. The molecule has 0 aliphatic carbocycles. The van der Waals surface area contributed by atoms with Crippen molar-refractivity contribution in [2.24, 2.45) is 11.5 Å². The highest BCUT2D eigenvalue weighted by Crippen LogP contribution is 2.25. The standard InChI is InChI=1S/C14H20N4OS/c1-9(15)14(2,16)13-17-12(18-20-13)8-10-6-4-5-7-11(10)19-3/h4-7,9H,8,15-16H2,1-3H3. The van der Waals surface area contributed by atoms with E-state index in [1.165, 1.54) is 11.5 Å². The zero-order valence-corrected chi connectivity index (χ0v) is 12.8. The molecule has 2 unspecified atom stereocenters. The molecule has 4 N–H and O–H groups in total. The van der Waals surface area contributed by atoms with Gasteiger partial charge in [0.05, 0.1) is 12.6 Å². The van der Waals surface area contributed by atoms with Crippen molar-refractivity contribution in [3.05, 3.63) is 40.7 Å². The molecule has 5 nitrogen and oxygen atoms in total. The van der Waals surface area contributed by atoms with Gasteiger partial charge in [-0.25, -0.2) is 4.98 Å². The molecule has 0 aliphatic heterocycles. The molecule has 1 aromatic heterocycles. The maximum atomic E-state index is 6.20. The molecular formula is C14H20N4OS. The number of ether oxygens (including phenoxy) is 1. The topological polar surface area (TPSA) is 87.0 Å². The molecule has 2 atom stereocenters. The van der Waals surface area contributed by atoms with Gasteiger partial charge in [-0.15, -0.1) is 0 Å². The fourth-order valence-corrected chi connectivity index (χ4v) is 2.58. The zero-order chi connectivity index (χ0) is 14.8. The van der Waals surface area contributed by atoms with Gasteiger partial charge in [0.1, 0.15) is 16.6 Å². The minimum absolute atomic E-state index is 0.186. The van der Waals surface area contributed by atoms with E-state index in [0.717, 1.165) is 22.1 Å². The number of nitrogens with zero attached hydrogens (tertiary/aromatic N) is 2. The molecule has 0 spiro atoms. The van der Waals surface area contributed by atoms with Crippen LogP contribution in [0.3, 0.4) is 0 Å². The van der Waals surface area contributed by atoms with Crippen molar-refractivity contribution in [1.82, 2.24) is 9.36 Å². The number of hydrogen-bond donors (Lipinski definition) is 2. The molecule has 2 aromatic rings. The fraction of sp³-hybridized carbons (Fsp3) is 0.429. The van der Waals surface area contributed by atoms with Crippen LogP contribution in [0.25, 0.3) is 0 Å². The van der Waals surface area contributed by atoms with Crippen LogP contribution in [0.2, 0.25) is 0 Å². The van der Waals surface area contributed by atoms with E-state index in [0.29, 0.717) is 6.42 Å². The molecule has 0 aliphatic rings. The number of methoxy groups -OCH3 is 1. The van der Waals surface area contributed by atoms with E-state index in [4.69, 9.17) is 16.2 Å². The Bertz CT molecular complexity index is 580. The van der Waals surface area contributed by atoms with E-state index in [9.17, 15) is 0 Å². The van der Waals surface area contributed by atoms with Crippen LogP contribution < -0.4 is 16.2 Å². The summed E-state index contributed by atoms with van der Waals surface area (Å²) in [5.41, 5.74) is 12.5. The number of benzene rings is 1. The molecule has 6 heteroatoms. The highest BCUT2D eigenvalue weighted by Gasteiger charge is 2.30. The number of aromatic nitrogens is 2. The molecule has 0 radical (unpaired) electrons. The normalized spacial score (nSPS) is 15.7. The molecule has 0 saturated heterocycles. The molecule has 2 rings (SSSR count). The number of rotatable bonds is 5. The Balaban J connectivity index is 2.22. The third kappa shape index (κ3) is 2.98. The predicted octanol–water partition coefficient (Wildman–Crippen LogP) is 1.66. The number of hydrogen-bond acceptors (Lipinski definition) is 6. The monoisotopic (exact) mass is 292 g/mol. The van der Waals surface area contributed by atoms with E-state index in [2.05, 4.69) is 9.36 Å². The summed E-state index contributed by atoms with van der Waals surface area (Å²) in [7, 11) is 1.66. The molecule has 20 heavy (non-hydrogen) atoms. The van der Waals surface area contributed by atoms with Gasteiger partial charge in [-0.3, -0.25) is 0 Å². The van der Waals surface area contributed by atoms with Crippen molar-refractivity contribution in [3.8, 4) is 5.75 Å². The second-order valence-corrected chi connectivity index (χ2v) is 5.83. The SMILES string of the molecule is COc1ccccc1Cc1nsc(C(C)(N)C(C)N)n1. The number of para-hydroxylation sites is 1. The smallest absolute Gasteiger partial charge is 0.147 e. The van der Waals surface area contributed by atoms with Crippen molar-refractivity contribution in [3.63, 3.8) is 0 Å². The molecule has 1 heterocycles. The first kappa shape index (κ1) is 14.9. The summed E-state index contributed by atoms with van der Waals surface area (Å²) in [4.78, 5) is 4.52. The molecule has 108 valence electrons. The molecule has 0 saturated carbocycles. The Morgan fingerprint density at radius 2 is 2.10 bits per heavy atom. The predicted molar refractivity (Wildman–Crippen MR) is 80.9 cm³/mol. The lowest BCUT2D eigenvalue weighted by molar-refractivity contribution is 0.406. The first-order chi connectivity index (χ1) is 9.45. The molecule has 0 fully saturated rings. The molecular weight excluding hydrogens is 272 g/mol. The Morgan fingerprint density at radius 3 is 2.75 bits per heavy atom. The van der Waals surface area contributed by atoms with Crippen LogP contribution in [0.15, 0.2) is 24.3 Å². The maximum absolute atomic E-state index is 6.20. The summed E-state index contributed by atoms with van der Waals surface area (Å²) in [6, 6.07) is 7.66. The Morgan fingerprint density at radius 1 is 1.40 bits per heavy atom. The van der Waals surface area contributed by atoms with Gasteiger partial charge in [0.2, 0.25) is 0 Å². The van der Waals surface area contributed by atoms with Crippen LogP contribution in [0.4, 0.5) is 0 Å². The third-order valence-corrected chi connectivity index (χ3v) is 4.42. The van der Waals surface area contributed by atoms with Gasteiger partial charge in [-0.1, -0.05) is 18.2 Å². The van der Waals surface area contributed by atoms with Crippen molar-refractivity contribution in [1.29, 1.82) is 0 Å². The van der Waals surface area contributed by atoms with E-state index in [1.807, 2.05) is 38.1 Å². The average Bonchev–Trinajstić information content (AvgIpc) is 2.88. The van der Waals surface area contributed by atoms with Crippen LogP contribution in [0.5, 0.6) is 5.75 Å². The summed E-state index contributed by atoms with van der Waals surface area (Å²) >= 11 is 1.31. The highest BCUT2D eigenvalue weighted by atomic mass is 32.1. The summed E-state index contributed by atoms with van der Waals surface area (Å²) in [6.45, 7) is 3.76. The lowest BCUT2D eigenvalue weighted by atomic mass is 9.97. The highest BCUT2D eigenvalue weighted by molar-refractivity contribution is 7.05. The second-order valence-electron chi connectivity index (χ2n) is 5.08. The van der Waals surface area contributed by atoms with E-state index in [1.54, 1.807) is 7.11 Å². The Labute approximate surface area is 123 Å². The van der Waals surface area contributed by atoms with Gasteiger partial charge in [0.15, 0.2) is 0 Å². The van der Waals surface area contributed by atoms with Gasteiger partial charge in [-0.2, -0.15) is 4.37 Å². The van der Waals surface area contributed by atoms with Crippen LogP contribution >= 0.6 is 11.5 Å². The zero-order valence-electron chi connectivity index (χ0n) is 12.0. The quantitative estimate of drug-likeness (QED) is 0.875. The van der Waals surface area contributed by atoms with Gasteiger partial charge in [0.25, 0.3) is 0 Å². The van der Waals surface area contributed by atoms with Gasteiger partial charge in [-0.05, 0) is 31.4 Å². The Hall–Kier alpha value is -1.50. The summed E-state index contributed by atoms with van der Waals surface area (Å²) in [5.74, 6) is 1.58. The summed E-state index contributed by atoms with van der Waals surface area (Å²) in [6.07, 6.45) is 0.621. The molecule has 0 amide bonds. The second kappa shape index (κ2) is 5.87. The van der Waals surface area contributed by atoms with Crippen molar-refractivity contribution in [2.75, 3.05) is 7.11 Å². The molecule has 0 bridgehead atoms. The van der Waals surface area contributed by atoms with Crippen LogP contribution in [0, 0.1) is 0 Å². The summed E-state index contributed by atoms with van der Waals surface area (Å²) in [5, 5.41) is 0.761.